The maximum Gasteiger partial charge on any atom is 0.331 e. The van der Waals surface area contributed by atoms with Crippen LogP contribution in [0.5, 0.6) is 0 Å². The Morgan fingerprint density at radius 3 is 1.79 bits per heavy atom. The number of allylic oxidation sites excluding steroid dienone is 1. The average molecular weight is 198 g/mol. The van der Waals surface area contributed by atoms with Gasteiger partial charge in [0, 0.05) is 5.57 Å². The Bertz CT molecular complexity index is 224. The Balaban J connectivity index is 4.67. The summed E-state index contributed by atoms with van der Waals surface area (Å²) >= 11 is 0. The van der Waals surface area contributed by atoms with Crippen LogP contribution in [0.25, 0.3) is 0 Å². The minimum atomic E-state index is -0.753. The SMILES string of the molecule is C/C(CC(C)C)=C(\CC(C)C)C(=O)O. The second kappa shape index (κ2) is 5.84. The molecule has 0 aliphatic heterocycles. The number of rotatable bonds is 5. The molecule has 0 bridgehead atoms. The van der Waals surface area contributed by atoms with Gasteiger partial charge in [0.05, 0.1) is 0 Å². The lowest BCUT2D eigenvalue weighted by Crippen LogP contribution is -2.07. The van der Waals surface area contributed by atoms with Crippen LogP contribution in [0.2, 0.25) is 0 Å². The molecule has 0 radical (unpaired) electrons. The van der Waals surface area contributed by atoms with Crippen LogP contribution in [-0.4, -0.2) is 11.1 Å². The van der Waals surface area contributed by atoms with Crippen molar-refractivity contribution < 1.29 is 9.90 Å². The van der Waals surface area contributed by atoms with E-state index in [1.165, 1.54) is 0 Å². The van der Waals surface area contributed by atoms with Gasteiger partial charge in [-0.05, 0) is 31.6 Å². The fraction of sp³-hybridized carbons (Fsp3) is 0.750. The molecule has 0 atom stereocenters. The van der Waals surface area contributed by atoms with E-state index in [2.05, 4.69) is 13.8 Å². The number of carboxylic acid groups (broad SMARTS) is 1. The smallest absolute Gasteiger partial charge is 0.331 e. The molecule has 0 saturated carbocycles. The van der Waals surface area contributed by atoms with Crippen LogP contribution >= 0.6 is 0 Å². The molecule has 1 N–H and O–H groups in total. The quantitative estimate of drug-likeness (QED) is 0.687. The second-order valence-corrected chi connectivity index (χ2v) is 4.76. The van der Waals surface area contributed by atoms with Gasteiger partial charge in [0.25, 0.3) is 0 Å². The first-order valence-electron chi connectivity index (χ1n) is 5.26. The first-order chi connectivity index (χ1) is 6.34. The maximum absolute atomic E-state index is 11.0. The van der Waals surface area contributed by atoms with Crippen molar-refractivity contribution in [1.82, 2.24) is 0 Å². The number of hydrogen-bond acceptors (Lipinski definition) is 1. The van der Waals surface area contributed by atoms with Gasteiger partial charge in [-0.1, -0.05) is 33.3 Å². The predicted molar refractivity (Wildman–Crippen MR) is 59.2 cm³/mol. The van der Waals surface area contributed by atoms with Crippen molar-refractivity contribution in [2.75, 3.05) is 0 Å². The Kier molecular flexibility index (Phi) is 5.51. The van der Waals surface area contributed by atoms with Crippen molar-refractivity contribution in [2.45, 2.75) is 47.5 Å². The summed E-state index contributed by atoms with van der Waals surface area (Å²) in [7, 11) is 0. The molecule has 0 aliphatic rings. The third kappa shape index (κ3) is 5.05. The maximum atomic E-state index is 11.0. The number of carboxylic acids is 1. The van der Waals surface area contributed by atoms with Crippen LogP contribution in [0.3, 0.4) is 0 Å². The Labute approximate surface area is 87.0 Å². The van der Waals surface area contributed by atoms with Gasteiger partial charge in [0.15, 0.2) is 0 Å². The summed E-state index contributed by atoms with van der Waals surface area (Å²) in [5, 5.41) is 9.05. The number of carbonyl (C=O) groups is 1. The lowest BCUT2D eigenvalue weighted by molar-refractivity contribution is -0.133. The minimum absolute atomic E-state index is 0.406. The van der Waals surface area contributed by atoms with Crippen molar-refractivity contribution >= 4 is 5.97 Å². The molecule has 0 rings (SSSR count). The molecule has 0 saturated heterocycles. The minimum Gasteiger partial charge on any atom is -0.478 e. The van der Waals surface area contributed by atoms with Crippen LogP contribution in [0.15, 0.2) is 11.1 Å². The van der Waals surface area contributed by atoms with Crippen LogP contribution in [0.4, 0.5) is 0 Å². The first-order valence-corrected chi connectivity index (χ1v) is 5.26. The lowest BCUT2D eigenvalue weighted by atomic mass is 9.94. The van der Waals surface area contributed by atoms with Crippen molar-refractivity contribution in [3.05, 3.63) is 11.1 Å². The van der Waals surface area contributed by atoms with E-state index in [0.29, 0.717) is 23.8 Å². The second-order valence-electron chi connectivity index (χ2n) is 4.76. The third-order valence-corrected chi connectivity index (χ3v) is 2.10. The molecule has 0 spiro atoms. The van der Waals surface area contributed by atoms with E-state index in [0.717, 1.165) is 12.0 Å². The van der Waals surface area contributed by atoms with Gasteiger partial charge in [0.1, 0.15) is 0 Å². The summed E-state index contributed by atoms with van der Waals surface area (Å²) in [6.45, 7) is 10.2. The summed E-state index contributed by atoms with van der Waals surface area (Å²) in [5.41, 5.74) is 1.63. The largest absolute Gasteiger partial charge is 0.478 e. The molecular weight excluding hydrogens is 176 g/mol. The van der Waals surface area contributed by atoms with Gasteiger partial charge in [-0.15, -0.1) is 0 Å². The molecule has 2 heteroatoms. The van der Waals surface area contributed by atoms with Crippen LogP contribution in [0.1, 0.15) is 47.5 Å². The zero-order valence-corrected chi connectivity index (χ0v) is 9.92. The molecule has 0 aromatic carbocycles. The van der Waals surface area contributed by atoms with Gasteiger partial charge >= 0.3 is 5.97 Å². The Morgan fingerprint density at radius 2 is 1.50 bits per heavy atom. The van der Waals surface area contributed by atoms with Gasteiger partial charge < -0.3 is 5.11 Å². The standard InChI is InChI=1S/C12H22O2/c1-8(2)6-10(5)11(12(13)14)7-9(3)4/h8-9H,6-7H2,1-5H3,(H,13,14)/b11-10-. The molecule has 14 heavy (non-hydrogen) atoms. The van der Waals surface area contributed by atoms with Gasteiger partial charge in [0.2, 0.25) is 0 Å². The Morgan fingerprint density at radius 1 is 1.07 bits per heavy atom. The first kappa shape index (κ1) is 13.2. The average Bonchev–Trinajstić information content (AvgIpc) is 1.97. The number of hydrogen-bond donors (Lipinski definition) is 1. The van der Waals surface area contributed by atoms with E-state index in [1.807, 2.05) is 20.8 Å². The van der Waals surface area contributed by atoms with E-state index in [1.54, 1.807) is 0 Å². The molecule has 0 amide bonds. The summed E-state index contributed by atoms with van der Waals surface area (Å²) in [5.74, 6) is 0.177. The zero-order valence-electron chi connectivity index (χ0n) is 9.92. The highest BCUT2D eigenvalue weighted by Crippen LogP contribution is 2.20. The lowest BCUT2D eigenvalue weighted by Gasteiger charge is -2.12. The summed E-state index contributed by atoms with van der Waals surface area (Å²) in [6, 6.07) is 0. The van der Waals surface area contributed by atoms with E-state index in [-0.39, 0.29) is 0 Å². The van der Waals surface area contributed by atoms with Crippen LogP contribution in [0, 0.1) is 11.8 Å². The zero-order chi connectivity index (χ0) is 11.3. The molecule has 0 unspecified atom stereocenters. The van der Waals surface area contributed by atoms with E-state index < -0.39 is 5.97 Å². The molecule has 0 heterocycles. The van der Waals surface area contributed by atoms with E-state index in [4.69, 9.17) is 5.11 Å². The van der Waals surface area contributed by atoms with Crippen molar-refractivity contribution in [2.24, 2.45) is 11.8 Å². The molecule has 82 valence electrons. The van der Waals surface area contributed by atoms with Crippen LogP contribution in [-0.2, 0) is 4.79 Å². The highest BCUT2D eigenvalue weighted by molar-refractivity contribution is 5.87. The Hall–Kier alpha value is -0.790. The van der Waals surface area contributed by atoms with Gasteiger partial charge in [-0.3, -0.25) is 0 Å². The molecule has 0 aromatic rings. The van der Waals surface area contributed by atoms with Gasteiger partial charge in [-0.25, -0.2) is 4.79 Å². The van der Waals surface area contributed by atoms with Crippen molar-refractivity contribution in [3.63, 3.8) is 0 Å². The molecular formula is C12H22O2. The number of aliphatic carboxylic acids is 1. The molecule has 0 aromatic heterocycles. The summed E-state index contributed by atoms with van der Waals surface area (Å²) in [4.78, 5) is 11.0. The highest BCUT2D eigenvalue weighted by Gasteiger charge is 2.13. The fourth-order valence-corrected chi connectivity index (χ4v) is 1.59. The predicted octanol–water partition coefficient (Wildman–Crippen LogP) is 3.48. The van der Waals surface area contributed by atoms with E-state index in [9.17, 15) is 4.79 Å². The fourth-order valence-electron chi connectivity index (χ4n) is 1.59. The molecule has 2 nitrogen and oxygen atoms in total. The normalized spacial score (nSPS) is 13.4. The molecule has 0 aliphatic carbocycles. The van der Waals surface area contributed by atoms with Crippen LogP contribution < -0.4 is 0 Å². The topological polar surface area (TPSA) is 37.3 Å². The van der Waals surface area contributed by atoms with Crippen molar-refractivity contribution in [1.29, 1.82) is 0 Å². The highest BCUT2D eigenvalue weighted by atomic mass is 16.4. The van der Waals surface area contributed by atoms with E-state index >= 15 is 0 Å². The summed E-state index contributed by atoms with van der Waals surface area (Å²) < 4.78 is 0. The third-order valence-electron chi connectivity index (χ3n) is 2.10. The van der Waals surface area contributed by atoms with Gasteiger partial charge in [-0.2, -0.15) is 0 Å². The van der Waals surface area contributed by atoms with Crippen molar-refractivity contribution in [3.8, 4) is 0 Å². The monoisotopic (exact) mass is 198 g/mol. The molecule has 0 fully saturated rings. The summed E-state index contributed by atoms with van der Waals surface area (Å²) in [6.07, 6.45) is 1.56.